The SMILES string of the molecule is COc1ccc(N2C(=O)C(Nc3cccc(C)c3C)=C(c3ccc(C)cc3)C2=O)cc1. The first-order valence-electron chi connectivity index (χ1n) is 10.1. The highest BCUT2D eigenvalue weighted by atomic mass is 16.5. The normalized spacial score (nSPS) is 13.7. The summed E-state index contributed by atoms with van der Waals surface area (Å²) in [6, 6.07) is 20.4. The molecule has 0 atom stereocenters. The van der Waals surface area contributed by atoms with Crippen molar-refractivity contribution in [1.82, 2.24) is 0 Å². The van der Waals surface area contributed by atoms with E-state index in [0.717, 1.165) is 22.4 Å². The van der Waals surface area contributed by atoms with Crippen molar-refractivity contribution in [2.24, 2.45) is 0 Å². The van der Waals surface area contributed by atoms with Crippen LogP contribution in [0.25, 0.3) is 5.57 Å². The van der Waals surface area contributed by atoms with Crippen LogP contribution in [-0.4, -0.2) is 18.9 Å². The lowest BCUT2D eigenvalue weighted by atomic mass is 10.0. The molecule has 156 valence electrons. The van der Waals surface area contributed by atoms with Crippen LogP contribution in [0, 0.1) is 20.8 Å². The number of nitrogens with one attached hydrogen (secondary N) is 1. The summed E-state index contributed by atoms with van der Waals surface area (Å²) in [4.78, 5) is 28.2. The van der Waals surface area contributed by atoms with Crippen molar-refractivity contribution in [2.45, 2.75) is 20.8 Å². The number of nitrogens with zero attached hydrogens (tertiary/aromatic N) is 1. The number of aryl methyl sites for hydroxylation is 2. The van der Waals surface area contributed by atoms with Crippen LogP contribution in [0.4, 0.5) is 11.4 Å². The Morgan fingerprint density at radius 1 is 0.806 bits per heavy atom. The third-order valence-corrected chi connectivity index (χ3v) is 5.62. The lowest BCUT2D eigenvalue weighted by Gasteiger charge is -2.16. The van der Waals surface area contributed by atoms with E-state index in [1.807, 2.05) is 63.2 Å². The lowest BCUT2D eigenvalue weighted by Crippen LogP contribution is -2.32. The summed E-state index contributed by atoms with van der Waals surface area (Å²) in [6.45, 7) is 5.99. The standard InChI is InChI=1S/C26H24N2O3/c1-16-8-10-19(11-9-16)23-24(27-22-7-5-6-17(2)18(22)3)26(30)28(25(23)29)20-12-14-21(31-4)15-13-20/h5-15,27H,1-4H3. The Labute approximate surface area is 182 Å². The maximum absolute atomic E-state index is 13.5. The van der Waals surface area contributed by atoms with E-state index in [0.29, 0.717) is 22.6 Å². The van der Waals surface area contributed by atoms with Gasteiger partial charge in [0.2, 0.25) is 0 Å². The number of ether oxygens (including phenoxy) is 1. The Hall–Kier alpha value is -3.86. The second-order valence-corrected chi connectivity index (χ2v) is 7.63. The molecule has 3 aromatic carbocycles. The van der Waals surface area contributed by atoms with Gasteiger partial charge in [-0.25, -0.2) is 4.90 Å². The average molecular weight is 412 g/mol. The largest absolute Gasteiger partial charge is 0.497 e. The first-order valence-corrected chi connectivity index (χ1v) is 10.1. The van der Waals surface area contributed by atoms with E-state index < -0.39 is 0 Å². The number of hydrogen-bond donors (Lipinski definition) is 1. The minimum absolute atomic E-state index is 0.276. The first-order chi connectivity index (χ1) is 14.9. The smallest absolute Gasteiger partial charge is 0.282 e. The van der Waals surface area contributed by atoms with E-state index >= 15 is 0 Å². The van der Waals surface area contributed by atoms with Gasteiger partial charge in [0, 0.05) is 5.69 Å². The summed E-state index contributed by atoms with van der Waals surface area (Å²) in [7, 11) is 1.57. The van der Waals surface area contributed by atoms with Gasteiger partial charge >= 0.3 is 0 Å². The molecule has 0 fully saturated rings. The van der Waals surface area contributed by atoms with Gasteiger partial charge in [0.1, 0.15) is 11.4 Å². The van der Waals surface area contributed by atoms with Crippen molar-refractivity contribution < 1.29 is 14.3 Å². The van der Waals surface area contributed by atoms with Crippen molar-refractivity contribution in [1.29, 1.82) is 0 Å². The van der Waals surface area contributed by atoms with Crippen LogP contribution in [0.3, 0.4) is 0 Å². The van der Waals surface area contributed by atoms with E-state index in [1.54, 1.807) is 31.4 Å². The molecule has 0 bridgehead atoms. The summed E-state index contributed by atoms with van der Waals surface area (Å²) in [5.74, 6) is -0.0817. The van der Waals surface area contributed by atoms with Crippen molar-refractivity contribution in [2.75, 3.05) is 17.3 Å². The summed E-state index contributed by atoms with van der Waals surface area (Å²) in [5, 5.41) is 3.26. The van der Waals surface area contributed by atoms with Crippen molar-refractivity contribution in [3.63, 3.8) is 0 Å². The van der Waals surface area contributed by atoms with Crippen LogP contribution in [0.15, 0.2) is 72.4 Å². The van der Waals surface area contributed by atoms with Crippen molar-refractivity contribution >= 4 is 28.8 Å². The maximum atomic E-state index is 13.5. The number of hydrogen-bond acceptors (Lipinski definition) is 4. The zero-order chi connectivity index (χ0) is 22.1. The molecule has 1 aliphatic heterocycles. The molecule has 1 aliphatic rings. The monoisotopic (exact) mass is 412 g/mol. The maximum Gasteiger partial charge on any atom is 0.282 e. The molecule has 0 spiro atoms. The van der Waals surface area contributed by atoms with Gasteiger partial charge in [-0.1, -0.05) is 42.0 Å². The van der Waals surface area contributed by atoms with Crippen LogP contribution in [0.5, 0.6) is 5.75 Å². The van der Waals surface area contributed by atoms with E-state index in [1.165, 1.54) is 4.90 Å². The molecule has 5 heteroatoms. The van der Waals surface area contributed by atoms with Gasteiger partial charge in [-0.15, -0.1) is 0 Å². The number of anilines is 2. The van der Waals surface area contributed by atoms with Gasteiger partial charge in [-0.05, 0) is 67.8 Å². The molecule has 0 saturated heterocycles. The van der Waals surface area contributed by atoms with E-state index in [4.69, 9.17) is 4.74 Å². The molecule has 5 nitrogen and oxygen atoms in total. The number of methoxy groups -OCH3 is 1. The second kappa shape index (κ2) is 8.11. The van der Waals surface area contributed by atoms with Gasteiger partial charge in [0.25, 0.3) is 11.8 Å². The molecule has 3 aromatic rings. The zero-order valence-electron chi connectivity index (χ0n) is 18.0. The Morgan fingerprint density at radius 3 is 2.13 bits per heavy atom. The fourth-order valence-electron chi connectivity index (χ4n) is 3.62. The van der Waals surface area contributed by atoms with E-state index in [9.17, 15) is 9.59 Å². The molecule has 2 amide bonds. The predicted octanol–water partition coefficient (Wildman–Crippen LogP) is 5.02. The Morgan fingerprint density at radius 2 is 1.48 bits per heavy atom. The molecule has 0 radical (unpaired) electrons. The Balaban J connectivity index is 1.82. The highest BCUT2D eigenvalue weighted by Gasteiger charge is 2.40. The van der Waals surface area contributed by atoms with Crippen LogP contribution in [0.2, 0.25) is 0 Å². The summed E-state index contributed by atoms with van der Waals surface area (Å²) >= 11 is 0. The van der Waals surface area contributed by atoms with Crippen LogP contribution < -0.4 is 15.0 Å². The molecule has 1 N–H and O–H groups in total. The molecular weight excluding hydrogens is 388 g/mol. The first kappa shape index (κ1) is 20.4. The number of rotatable bonds is 5. The second-order valence-electron chi connectivity index (χ2n) is 7.63. The molecule has 0 saturated carbocycles. The topological polar surface area (TPSA) is 58.6 Å². The molecule has 31 heavy (non-hydrogen) atoms. The molecule has 0 unspecified atom stereocenters. The minimum atomic E-state index is -0.383. The molecule has 4 rings (SSSR count). The lowest BCUT2D eigenvalue weighted by molar-refractivity contribution is -0.120. The van der Waals surface area contributed by atoms with Crippen molar-refractivity contribution in [3.05, 3.63) is 94.7 Å². The van der Waals surface area contributed by atoms with Crippen LogP contribution >= 0.6 is 0 Å². The average Bonchev–Trinajstić information content (AvgIpc) is 3.01. The summed E-state index contributed by atoms with van der Waals surface area (Å²) < 4.78 is 5.20. The van der Waals surface area contributed by atoms with Gasteiger partial charge < -0.3 is 10.1 Å². The quantitative estimate of drug-likeness (QED) is 0.598. The third kappa shape index (κ3) is 3.70. The third-order valence-electron chi connectivity index (χ3n) is 5.62. The van der Waals surface area contributed by atoms with Crippen LogP contribution in [0.1, 0.15) is 22.3 Å². The molecular formula is C26H24N2O3. The Kier molecular flexibility index (Phi) is 5.34. The number of carbonyl (C=O) groups excluding carboxylic acids is 2. The van der Waals surface area contributed by atoms with E-state index in [-0.39, 0.29) is 17.5 Å². The fraction of sp³-hybridized carbons (Fsp3) is 0.154. The molecule has 0 aromatic heterocycles. The highest BCUT2D eigenvalue weighted by Crippen LogP contribution is 2.35. The van der Waals surface area contributed by atoms with E-state index in [2.05, 4.69) is 5.32 Å². The fourth-order valence-corrected chi connectivity index (χ4v) is 3.62. The summed E-state index contributed by atoms with van der Waals surface area (Å²) in [6.07, 6.45) is 0. The number of carbonyl (C=O) groups is 2. The summed E-state index contributed by atoms with van der Waals surface area (Å²) in [5.41, 5.74) is 5.85. The number of benzene rings is 3. The minimum Gasteiger partial charge on any atom is -0.497 e. The van der Waals surface area contributed by atoms with Gasteiger partial charge in [0.15, 0.2) is 0 Å². The van der Waals surface area contributed by atoms with Gasteiger partial charge in [0.05, 0.1) is 18.4 Å². The predicted molar refractivity (Wildman–Crippen MR) is 123 cm³/mol. The van der Waals surface area contributed by atoms with Crippen molar-refractivity contribution in [3.8, 4) is 5.75 Å². The molecule has 0 aliphatic carbocycles. The van der Waals surface area contributed by atoms with Gasteiger partial charge in [-0.2, -0.15) is 0 Å². The zero-order valence-corrected chi connectivity index (χ0v) is 18.0. The van der Waals surface area contributed by atoms with Crippen LogP contribution in [-0.2, 0) is 9.59 Å². The molecule has 1 heterocycles. The Bertz CT molecular complexity index is 1190. The number of imide groups is 1. The van der Waals surface area contributed by atoms with Gasteiger partial charge in [-0.3, -0.25) is 9.59 Å². The number of amides is 2. The highest BCUT2D eigenvalue weighted by molar-refractivity contribution is 6.46.